The molecular weight excluding hydrogens is 595 g/mol. The number of benzene rings is 3. The number of terminal acetylenes is 1. The van der Waals surface area contributed by atoms with E-state index in [0.29, 0.717) is 42.7 Å². The van der Waals surface area contributed by atoms with Crippen LogP contribution >= 0.6 is 34.5 Å². The van der Waals surface area contributed by atoms with Crippen LogP contribution < -0.4 is 24.4 Å². The van der Waals surface area contributed by atoms with Crippen LogP contribution in [-0.2, 0) is 9.53 Å². The van der Waals surface area contributed by atoms with E-state index >= 15 is 0 Å². The van der Waals surface area contributed by atoms with Crippen LogP contribution in [0.4, 0.5) is 0 Å². The quantitative estimate of drug-likeness (QED) is 0.199. The number of carbonyl (C=O) groups excluding carboxylic acids is 1. The summed E-state index contributed by atoms with van der Waals surface area (Å²) in [6.45, 7) is 1.91. The Labute approximate surface area is 255 Å². The molecule has 10 heteroatoms. The smallest absolute Gasteiger partial charge is 0.338 e. The van der Waals surface area contributed by atoms with Gasteiger partial charge in [-0.3, -0.25) is 9.36 Å². The third kappa shape index (κ3) is 5.72. The van der Waals surface area contributed by atoms with Crippen molar-refractivity contribution in [1.29, 1.82) is 0 Å². The minimum absolute atomic E-state index is 0.0191. The number of nitrogens with zero attached hydrogens (tertiary/aromatic N) is 2. The summed E-state index contributed by atoms with van der Waals surface area (Å²) in [4.78, 5) is 32.8. The predicted octanol–water partition coefficient (Wildman–Crippen LogP) is 5.26. The van der Waals surface area contributed by atoms with Gasteiger partial charge in [-0.2, -0.15) is 0 Å². The lowest BCUT2D eigenvalue weighted by Gasteiger charge is -2.25. The second-order valence-corrected chi connectivity index (χ2v) is 10.9. The van der Waals surface area contributed by atoms with E-state index in [9.17, 15) is 9.59 Å². The Bertz CT molecular complexity index is 1910. The van der Waals surface area contributed by atoms with Gasteiger partial charge in [0, 0.05) is 10.6 Å². The molecule has 4 aromatic rings. The second-order valence-electron chi connectivity index (χ2n) is 9.01. The Morgan fingerprint density at radius 3 is 2.55 bits per heavy atom. The minimum atomic E-state index is -0.812. The van der Waals surface area contributed by atoms with Gasteiger partial charge in [-0.25, -0.2) is 9.79 Å². The zero-order valence-corrected chi connectivity index (χ0v) is 24.9. The molecular formula is C32H24Cl2N2O5S. The Morgan fingerprint density at radius 2 is 1.88 bits per heavy atom. The van der Waals surface area contributed by atoms with Crippen LogP contribution in [0.1, 0.15) is 29.7 Å². The number of rotatable bonds is 8. The third-order valence-electron chi connectivity index (χ3n) is 6.41. The van der Waals surface area contributed by atoms with Crippen LogP contribution in [0.15, 0.2) is 82.1 Å². The van der Waals surface area contributed by atoms with Crippen molar-refractivity contribution in [2.24, 2.45) is 4.99 Å². The van der Waals surface area contributed by atoms with Crippen molar-refractivity contribution < 1.29 is 19.0 Å². The fourth-order valence-corrected chi connectivity index (χ4v) is 6.03. The van der Waals surface area contributed by atoms with Crippen LogP contribution in [0.2, 0.25) is 10.0 Å². The molecule has 0 radical (unpaired) electrons. The first-order chi connectivity index (χ1) is 20.4. The maximum atomic E-state index is 14.1. The number of hydrogen-bond acceptors (Lipinski definition) is 7. The first-order valence-electron chi connectivity index (χ1n) is 12.8. The van der Waals surface area contributed by atoms with Gasteiger partial charge in [-0.15, -0.1) is 6.42 Å². The lowest BCUT2D eigenvalue weighted by molar-refractivity contribution is -0.138. The topological polar surface area (TPSA) is 79.1 Å². The van der Waals surface area contributed by atoms with E-state index in [1.165, 1.54) is 23.0 Å². The van der Waals surface area contributed by atoms with E-state index in [1.807, 2.05) is 30.3 Å². The van der Waals surface area contributed by atoms with Gasteiger partial charge in [-0.1, -0.05) is 82.9 Å². The highest BCUT2D eigenvalue weighted by Gasteiger charge is 2.35. The van der Waals surface area contributed by atoms with Gasteiger partial charge in [0.25, 0.3) is 5.56 Å². The third-order valence-corrected chi connectivity index (χ3v) is 7.92. The molecule has 0 bridgehead atoms. The summed E-state index contributed by atoms with van der Waals surface area (Å²) in [7, 11) is 1.49. The fourth-order valence-electron chi connectivity index (χ4n) is 4.63. The molecule has 0 fully saturated rings. The normalized spacial score (nSPS) is 14.5. The molecule has 0 aliphatic carbocycles. The van der Waals surface area contributed by atoms with Crippen LogP contribution in [0.5, 0.6) is 11.5 Å². The molecule has 0 saturated heterocycles. The van der Waals surface area contributed by atoms with Crippen molar-refractivity contribution in [2.45, 2.75) is 13.0 Å². The van der Waals surface area contributed by atoms with Crippen molar-refractivity contribution in [3.63, 3.8) is 0 Å². The number of thiazole rings is 1. The highest BCUT2D eigenvalue weighted by molar-refractivity contribution is 7.07. The molecule has 2 heterocycles. The SMILES string of the molecule is C#CCOc1c(Cl)cc(/C=c2\sc3n(c2=O)[C@H](c2ccc(Cl)cc2)C(C(=O)OCC)=C(c2ccccc2)N=3)cc1OC. The van der Waals surface area contributed by atoms with Gasteiger partial charge in [-0.05, 0) is 48.4 Å². The van der Waals surface area contributed by atoms with Crippen LogP contribution in [-0.4, -0.2) is 30.9 Å². The number of carbonyl (C=O) groups is 1. The average molecular weight is 620 g/mol. The molecule has 0 N–H and O–H groups in total. The monoisotopic (exact) mass is 618 g/mol. The highest BCUT2D eigenvalue weighted by Crippen LogP contribution is 2.37. The molecule has 5 rings (SSSR count). The Kier molecular flexibility index (Phi) is 8.83. The molecule has 0 amide bonds. The number of aromatic nitrogens is 1. The van der Waals surface area contributed by atoms with Crippen molar-refractivity contribution in [3.05, 3.63) is 119 Å². The largest absolute Gasteiger partial charge is 0.493 e. The molecule has 1 aliphatic rings. The summed E-state index contributed by atoms with van der Waals surface area (Å²) in [5.41, 5.74) is 2.35. The van der Waals surface area contributed by atoms with Crippen molar-refractivity contribution in [3.8, 4) is 23.8 Å². The number of halogens is 2. The van der Waals surface area contributed by atoms with Crippen molar-refractivity contribution in [2.75, 3.05) is 20.3 Å². The van der Waals surface area contributed by atoms with Gasteiger partial charge < -0.3 is 14.2 Å². The highest BCUT2D eigenvalue weighted by atomic mass is 35.5. The zero-order chi connectivity index (χ0) is 29.8. The van der Waals surface area contributed by atoms with E-state index in [0.717, 1.165) is 5.56 Å². The fraction of sp³-hybridized carbons (Fsp3) is 0.156. The molecule has 1 aromatic heterocycles. The van der Waals surface area contributed by atoms with Gasteiger partial charge >= 0.3 is 5.97 Å². The number of esters is 1. The summed E-state index contributed by atoms with van der Waals surface area (Å²) >= 11 is 13.9. The standard InChI is InChI=1S/C32H24Cl2N2O5S/c1-4-15-41-29-23(34)16-19(17-24(29)39-3)18-25-30(37)36-28(21-11-13-22(33)14-12-21)26(31(38)40-5-2)27(35-32(36)42-25)20-9-7-6-8-10-20/h1,6-14,16-18,28H,5,15H2,2-3H3/b25-18-/t28-/m1/s1. The Hall–Kier alpha value is -4.29. The van der Waals surface area contributed by atoms with Crippen molar-refractivity contribution in [1.82, 2.24) is 4.57 Å². The summed E-state index contributed by atoms with van der Waals surface area (Å²) in [6.07, 6.45) is 7.01. The maximum Gasteiger partial charge on any atom is 0.338 e. The number of fused-ring (bicyclic) bond motifs is 1. The lowest BCUT2D eigenvalue weighted by atomic mass is 9.93. The molecule has 0 spiro atoms. The van der Waals surface area contributed by atoms with E-state index < -0.39 is 12.0 Å². The molecule has 0 unspecified atom stereocenters. The van der Waals surface area contributed by atoms with E-state index in [4.69, 9.17) is 48.8 Å². The maximum absolute atomic E-state index is 14.1. The first-order valence-corrected chi connectivity index (χ1v) is 14.4. The van der Waals surface area contributed by atoms with E-state index in [-0.39, 0.29) is 29.4 Å². The zero-order valence-electron chi connectivity index (χ0n) is 22.6. The van der Waals surface area contributed by atoms with Gasteiger partial charge in [0.1, 0.15) is 6.61 Å². The van der Waals surface area contributed by atoms with Crippen LogP contribution in [0.3, 0.4) is 0 Å². The Balaban J connectivity index is 1.77. The summed E-state index contributed by atoms with van der Waals surface area (Å²) in [5.74, 6) is 2.51. The first kappa shape index (κ1) is 29.2. The molecule has 3 aromatic carbocycles. The predicted molar refractivity (Wildman–Crippen MR) is 165 cm³/mol. The molecule has 1 aliphatic heterocycles. The van der Waals surface area contributed by atoms with E-state index in [2.05, 4.69) is 5.92 Å². The van der Waals surface area contributed by atoms with Crippen molar-refractivity contribution >= 4 is 52.3 Å². The van der Waals surface area contributed by atoms with Gasteiger partial charge in [0.05, 0.1) is 40.6 Å². The van der Waals surface area contributed by atoms with Gasteiger partial charge in [0.2, 0.25) is 0 Å². The molecule has 7 nitrogen and oxygen atoms in total. The Morgan fingerprint density at radius 1 is 1.14 bits per heavy atom. The van der Waals surface area contributed by atoms with Gasteiger partial charge in [0.15, 0.2) is 16.3 Å². The summed E-state index contributed by atoms with van der Waals surface area (Å²) < 4.78 is 18.4. The summed E-state index contributed by atoms with van der Waals surface area (Å²) in [6, 6.07) is 18.9. The lowest BCUT2D eigenvalue weighted by Crippen LogP contribution is -2.40. The number of methoxy groups -OCH3 is 1. The average Bonchev–Trinajstić information content (AvgIpc) is 3.30. The molecule has 212 valence electrons. The van der Waals surface area contributed by atoms with Crippen LogP contribution in [0.25, 0.3) is 11.8 Å². The molecule has 1 atom stereocenters. The number of hydrogen-bond donors (Lipinski definition) is 0. The van der Waals surface area contributed by atoms with Crippen LogP contribution in [0, 0.1) is 12.3 Å². The number of ether oxygens (including phenoxy) is 3. The summed E-state index contributed by atoms with van der Waals surface area (Å²) in [5, 5.41) is 0.801. The van der Waals surface area contributed by atoms with E-state index in [1.54, 1.807) is 49.4 Å². The molecule has 42 heavy (non-hydrogen) atoms. The second kappa shape index (κ2) is 12.7. The minimum Gasteiger partial charge on any atom is -0.493 e. The molecule has 0 saturated carbocycles.